The van der Waals surface area contributed by atoms with E-state index in [1.807, 2.05) is 19.2 Å². The Balaban J connectivity index is 2.35. The highest BCUT2D eigenvalue weighted by Gasteiger charge is 2.17. The van der Waals surface area contributed by atoms with Gasteiger partial charge in [0.25, 0.3) is 0 Å². The lowest BCUT2D eigenvalue weighted by Gasteiger charge is -2.19. The van der Waals surface area contributed by atoms with Gasteiger partial charge in [0.1, 0.15) is 0 Å². The average molecular weight is 333 g/mol. The summed E-state index contributed by atoms with van der Waals surface area (Å²) in [4.78, 5) is 0. The van der Waals surface area contributed by atoms with E-state index in [1.165, 1.54) is 6.07 Å². The predicted molar refractivity (Wildman–Crippen MR) is 91.4 cm³/mol. The lowest BCUT2D eigenvalue weighted by molar-refractivity contribution is 0.323. The van der Waals surface area contributed by atoms with Crippen LogP contribution >= 0.6 is 0 Å². The van der Waals surface area contributed by atoms with Crippen LogP contribution in [-0.2, 0) is 6.42 Å². The maximum atomic E-state index is 9.71. The average Bonchev–Trinajstić information content (AvgIpc) is 2.61. The minimum atomic E-state index is -0.141. The second-order valence-corrected chi connectivity index (χ2v) is 5.33. The highest BCUT2D eigenvalue weighted by Crippen LogP contribution is 2.39. The summed E-state index contributed by atoms with van der Waals surface area (Å²) in [6.07, 6.45) is 0.636. The Morgan fingerprint density at radius 2 is 1.54 bits per heavy atom. The Bertz CT molecular complexity index is 677. The van der Waals surface area contributed by atoms with E-state index in [0.29, 0.717) is 23.7 Å². The van der Waals surface area contributed by atoms with Crippen LogP contribution in [0.4, 0.5) is 0 Å². The second-order valence-electron chi connectivity index (χ2n) is 5.33. The van der Waals surface area contributed by atoms with Crippen LogP contribution in [0.3, 0.4) is 0 Å². The fourth-order valence-corrected chi connectivity index (χ4v) is 2.63. The number of benzene rings is 2. The molecule has 0 aliphatic rings. The molecule has 0 radical (unpaired) electrons. The Morgan fingerprint density at radius 1 is 0.917 bits per heavy atom. The lowest BCUT2D eigenvalue weighted by atomic mass is 9.98. The zero-order valence-corrected chi connectivity index (χ0v) is 14.3. The molecule has 24 heavy (non-hydrogen) atoms. The molecule has 6 nitrogen and oxygen atoms in total. The Morgan fingerprint density at radius 3 is 2.00 bits per heavy atom. The third-order valence-corrected chi connectivity index (χ3v) is 3.91. The molecule has 3 N–H and O–H groups in total. The summed E-state index contributed by atoms with van der Waals surface area (Å²) in [7, 11) is 6.56. The highest BCUT2D eigenvalue weighted by atomic mass is 16.5. The normalized spacial score (nSPS) is 11.8. The summed E-state index contributed by atoms with van der Waals surface area (Å²) in [5.41, 5.74) is 1.85. The fourth-order valence-electron chi connectivity index (χ4n) is 2.63. The molecule has 0 fully saturated rings. The zero-order valence-electron chi connectivity index (χ0n) is 14.3. The van der Waals surface area contributed by atoms with Crippen molar-refractivity contribution < 1.29 is 24.4 Å². The summed E-state index contributed by atoms with van der Waals surface area (Å²) < 4.78 is 16.1. The van der Waals surface area contributed by atoms with Crippen molar-refractivity contribution in [3.8, 4) is 28.7 Å². The number of aromatic hydroxyl groups is 2. The molecule has 0 unspecified atom stereocenters. The largest absolute Gasteiger partial charge is 0.504 e. The van der Waals surface area contributed by atoms with Gasteiger partial charge in [-0.25, -0.2) is 0 Å². The van der Waals surface area contributed by atoms with Crippen molar-refractivity contribution >= 4 is 0 Å². The monoisotopic (exact) mass is 333 g/mol. The minimum Gasteiger partial charge on any atom is -0.504 e. The highest BCUT2D eigenvalue weighted by molar-refractivity contribution is 5.54. The van der Waals surface area contributed by atoms with E-state index in [9.17, 15) is 10.2 Å². The SMILES string of the molecule is CN[C@H](Cc1cc(OC)c(OC)c(OC)c1)c1ccc(O)c(O)c1. The molecule has 2 aromatic rings. The van der Waals surface area contributed by atoms with Gasteiger partial charge in [-0.3, -0.25) is 0 Å². The molecule has 0 saturated carbocycles. The van der Waals surface area contributed by atoms with Crippen LogP contribution in [0.2, 0.25) is 0 Å². The summed E-state index contributed by atoms with van der Waals surface area (Å²) in [6.45, 7) is 0. The molecule has 0 spiro atoms. The maximum Gasteiger partial charge on any atom is 0.203 e. The Kier molecular flexibility index (Phi) is 5.76. The standard InChI is InChI=1S/C18H23NO5/c1-19-13(12-5-6-14(20)15(21)10-12)7-11-8-16(22-2)18(24-4)17(9-11)23-3/h5-6,8-10,13,19-21H,7H2,1-4H3/t13-/m1/s1. The fraction of sp³-hybridized carbons (Fsp3) is 0.333. The molecular weight excluding hydrogens is 310 g/mol. The molecule has 130 valence electrons. The lowest BCUT2D eigenvalue weighted by Crippen LogP contribution is -2.18. The van der Waals surface area contributed by atoms with Crippen molar-refractivity contribution in [3.05, 3.63) is 41.5 Å². The van der Waals surface area contributed by atoms with Gasteiger partial charge in [0.05, 0.1) is 21.3 Å². The Labute approximate surface area is 141 Å². The van der Waals surface area contributed by atoms with Gasteiger partial charge in [-0.2, -0.15) is 0 Å². The Hall–Kier alpha value is -2.60. The topological polar surface area (TPSA) is 80.2 Å². The molecule has 0 bridgehead atoms. The van der Waals surface area contributed by atoms with Crippen molar-refractivity contribution in [2.24, 2.45) is 0 Å². The molecule has 0 aromatic heterocycles. The maximum absolute atomic E-state index is 9.71. The number of nitrogens with one attached hydrogen (secondary N) is 1. The van der Waals surface area contributed by atoms with Gasteiger partial charge in [0.15, 0.2) is 23.0 Å². The minimum absolute atomic E-state index is 0.0562. The van der Waals surface area contributed by atoms with E-state index >= 15 is 0 Å². The van der Waals surface area contributed by atoms with Crippen LogP contribution in [-0.4, -0.2) is 38.6 Å². The molecule has 0 saturated heterocycles. The van der Waals surface area contributed by atoms with E-state index in [4.69, 9.17) is 14.2 Å². The van der Waals surface area contributed by atoms with E-state index < -0.39 is 0 Å². The third-order valence-electron chi connectivity index (χ3n) is 3.91. The number of rotatable bonds is 7. The van der Waals surface area contributed by atoms with Gasteiger partial charge < -0.3 is 29.7 Å². The second kappa shape index (κ2) is 7.79. The first-order valence-corrected chi connectivity index (χ1v) is 7.52. The van der Waals surface area contributed by atoms with Gasteiger partial charge in [-0.15, -0.1) is 0 Å². The molecule has 0 amide bonds. The molecule has 0 heterocycles. The number of hydrogen-bond acceptors (Lipinski definition) is 6. The molecule has 6 heteroatoms. The quantitative estimate of drug-likeness (QED) is 0.676. The third kappa shape index (κ3) is 3.65. The van der Waals surface area contributed by atoms with Crippen LogP contribution in [0.5, 0.6) is 28.7 Å². The van der Waals surface area contributed by atoms with Gasteiger partial charge >= 0.3 is 0 Å². The number of phenols is 2. The first-order chi connectivity index (χ1) is 11.5. The predicted octanol–water partition coefficient (Wildman–Crippen LogP) is 2.63. The van der Waals surface area contributed by atoms with Crippen molar-refractivity contribution in [1.82, 2.24) is 5.32 Å². The van der Waals surface area contributed by atoms with Crippen LogP contribution in [0, 0.1) is 0 Å². The number of methoxy groups -OCH3 is 3. The van der Waals surface area contributed by atoms with Crippen LogP contribution in [0.15, 0.2) is 30.3 Å². The first kappa shape index (κ1) is 17.7. The molecule has 1 atom stereocenters. The van der Waals surface area contributed by atoms with Gasteiger partial charge in [0, 0.05) is 6.04 Å². The summed E-state index contributed by atoms with van der Waals surface area (Å²) >= 11 is 0. The van der Waals surface area contributed by atoms with Crippen LogP contribution < -0.4 is 19.5 Å². The van der Waals surface area contributed by atoms with E-state index in [1.54, 1.807) is 33.5 Å². The summed E-state index contributed by atoms with van der Waals surface area (Å²) in [5, 5.41) is 22.4. The molecule has 0 aliphatic heterocycles. The van der Waals surface area contributed by atoms with Crippen molar-refractivity contribution in [2.75, 3.05) is 28.4 Å². The molecule has 0 aliphatic carbocycles. The van der Waals surface area contributed by atoms with Crippen molar-refractivity contribution in [2.45, 2.75) is 12.5 Å². The molecule has 2 aromatic carbocycles. The number of phenolic OH excluding ortho intramolecular Hbond substituents is 2. The zero-order chi connectivity index (χ0) is 17.7. The van der Waals surface area contributed by atoms with E-state index in [2.05, 4.69) is 5.32 Å². The smallest absolute Gasteiger partial charge is 0.203 e. The van der Waals surface area contributed by atoms with Gasteiger partial charge in [0.2, 0.25) is 5.75 Å². The van der Waals surface area contributed by atoms with Crippen molar-refractivity contribution in [3.63, 3.8) is 0 Å². The van der Waals surface area contributed by atoms with Crippen LogP contribution in [0.1, 0.15) is 17.2 Å². The van der Waals surface area contributed by atoms with Gasteiger partial charge in [-0.1, -0.05) is 6.07 Å². The summed E-state index contributed by atoms with van der Waals surface area (Å²) in [6, 6.07) is 8.53. The van der Waals surface area contributed by atoms with Gasteiger partial charge in [-0.05, 0) is 48.9 Å². The number of ether oxygens (including phenoxy) is 3. The number of likely N-dealkylation sites (N-methyl/N-ethyl adjacent to an activating group) is 1. The molecular formula is C18H23NO5. The molecule has 2 rings (SSSR count). The first-order valence-electron chi connectivity index (χ1n) is 7.52. The van der Waals surface area contributed by atoms with Crippen molar-refractivity contribution in [1.29, 1.82) is 0 Å². The summed E-state index contributed by atoms with van der Waals surface area (Å²) in [5.74, 6) is 1.46. The van der Waals surface area contributed by atoms with E-state index in [0.717, 1.165) is 11.1 Å². The van der Waals surface area contributed by atoms with Crippen LogP contribution in [0.25, 0.3) is 0 Å². The number of hydrogen-bond donors (Lipinski definition) is 3. The van der Waals surface area contributed by atoms with E-state index in [-0.39, 0.29) is 17.5 Å².